The van der Waals surface area contributed by atoms with Gasteiger partial charge in [-0.2, -0.15) is 9.44 Å². The Labute approximate surface area is 856 Å². The molecule has 8 aromatic rings. The zero-order chi connectivity index (χ0) is 107. The molecule has 1 fully saturated rings. The Morgan fingerprint density at radius 2 is 0.863 bits per heavy atom. The number of hydrogen-bond acceptors (Lipinski definition) is 31. The molecule has 9 amide bonds. The van der Waals surface area contributed by atoms with Gasteiger partial charge in [-0.05, 0) is 135 Å². The fourth-order valence-electron chi connectivity index (χ4n) is 16.1. The van der Waals surface area contributed by atoms with Gasteiger partial charge >= 0.3 is 206 Å². The molecule has 9 rings (SSSR count). The molecule has 0 bridgehead atoms. The Kier molecular flexibility index (Phi) is 44.4. The fraction of sp³-hybridized carbons (Fsp3) is 0.457. The van der Waals surface area contributed by atoms with Crippen LogP contribution in [0.15, 0.2) is 130 Å². The molecule has 4 aromatic heterocycles. The summed E-state index contributed by atoms with van der Waals surface area (Å²) in [7, 11) is -5.92. The maximum absolute atomic E-state index is 14.5. The summed E-state index contributed by atoms with van der Waals surface area (Å²) in [6.45, 7) is 12.5. The van der Waals surface area contributed by atoms with E-state index < -0.39 is 164 Å². The number of nitrogens with zero attached hydrogens (tertiary/aromatic N) is 8. The summed E-state index contributed by atoms with van der Waals surface area (Å²) in [6, 6.07) is 8.08. The number of aryl methyl sites for hydroxylation is 6. The number of aromatic nitrogens is 6. The second-order valence-corrected chi connectivity index (χ2v) is 38.8. The van der Waals surface area contributed by atoms with Crippen LogP contribution in [0, 0.1) is 27.7 Å². The number of amides is 9. The number of pyridine rings is 2. The monoisotopic (exact) mass is 2170 g/mol. The maximum atomic E-state index is 14.5. The fourth-order valence-corrected chi connectivity index (χ4v) is 19.6. The second kappa shape index (κ2) is 56.0. The molecule has 2 radical (unpaired) electrons. The van der Waals surface area contributed by atoms with E-state index in [4.69, 9.17) is 12.3 Å². The number of aliphatic carboxylic acids is 3. The quantitative estimate of drug-likeness (QED) is 0.0163. The third-order valence-electron chi connectivity index (χ3n) is 23.5. The molecule has 19 N–H and O–H groups in total. The molecule has 146 heavy (non-hydrogen) atoms. The van der Waals surface area contributed by atoms with Crippen LogP contribution in [-0.2, 0) is 103 Å². The summed E-state index contributed by atoms with van der Waals surface area (Å²) < 4.78 is 79.7. The van der Waals surface area contributed by atoms with Crippen molar-refractivity contribution in [3.63, 3.8) is 0 Å². The van der Waals surface area contributed by atoms with E-state index in [0.717, 1.165) is 11.1 Å². The van der Waals surface area contributed by atoms with Crippen LogP contribution in [0.1, 0.15) is 119 Å². The number of carbonyl (C=O) groups is 13. The first-order valence-corrected chi connectivity index (χ1v) is 51.4. The predicted molar refractivity (Wildman–Crippen MR) is 534 cm³/mol. The Hall–Kier alpha value is -13.9. The number of aliphatic hydroxyl groups is 1. The van der Waals surface area contributed by atoms with Crippen molar-refractivity contribution in [3.8, 4) is 11.5 Å². The van der Waals surface area contributed by atoms with E-state index in [1.807, 2.05) is 4.90 Å². The van der Waals surface area contributed by atoms with Gasteiger partial charge in [0.25, 0.3) is 11.8 Å². The minimum atomic E-state index is -4.59. The predicted octanol–water partition coefficient (Wildman–Crippen LogP) is -0.840. The van der Waals surface area contributed by atoms with Gasteiger partial charge in [0.15, 0.2) is 11.9 Å². The summed E-state index contributed by atoms with van der Waals surface area (Å²) in [4.78, 5) is 221. The van der Waals surface area contributed by atoms with Gasteiger partial charge in [-0.3, -0.25) is 62.3 Å². The number of imidazole rings is 2. The van der Waals surface area contributed by atoms with Crippen molar-refractivity contribution in [2.45, 2.75) is 146 Å². The normalized spacial score (nSPS) is 14.1. The molecule has 1 saturated heterocycles. The Morgan fingerprint density at radius 3 is 1.25 bits per heavy atom. The van der Waals surface area contributed by atoms with Crippen molar-refractivity contribution in [1.29, 1.82) is 0 Å². The third kappa shape index (κ3) is 35.5. The number of carboxylic acids is 3. The Morgan fingerprint density at radius 1 is 0.473 bits per heavy atom. The molecule has 1 aliphatic rings. The summed E-state index contributed by atoms with van der Waals surface area (Å²) >= 11 is 0.193. The number of carboxylic acid groups (broad SMARTS) is 3. The molecular formula is C94H126InN23O26S2. The van der Waals surface area contributed by atoms with Gasteiger partial charge in [0.05, 0.1) is 34.0 Å². The van der Waals surface area contributed by atoms with Crippen LogP contribution in [0.5, 0.6) is 11.5 Å². The topological polar surface area (TPSA) is 670 Å². The van der Waals surface area contributed by atoms with Crippen LogP contribution in [0.3, 0.4) is 0 Å². The number of benzene rings is 4. The molecule has 52 heteroatoms. The molecule has 0 aliphatic carbocycles. The van der Waals surface area contributed by atoms with E-state index in [1.54, 1.807) is 113 Å². The van der Waals surface area contributed by atoms with Crippen molar-refractivity contribution >= 4 is 156 Å². The van der Waals surface area contributed by atoms with Crippen molar-refractivity contribution < 1.29 is 112 Å². The summed E-state index contributed by atoms with van der Waals surface area (Å²) in [5.74, 6) is -9.84. The number of aromatic amines is 2. The number of rotatable bonds is 55. The second-order valence-electron chi connectivity index (χ2n) is 34.9. The summed E-state index contributed by atoms with van der Waals surface area (Å²) in [6.07, 6.45) is 8.54. The van der Waals surface area contributed by atoms with Gasteiger partial charge in [-0.25, -0.2) is 26.8 Å². The molecule has 49 nitrogen and oxygen atoms in total. The summed E-state index contributed by atoms with van der Waals surface area (Å²) in [5.41, 5.74) is 1.44. The zero-order valence-electron chi connectivity index (χ0n) is 82.3. The van der Waals surface area contributed by atoms with E-state index in [-0.39, 0.29) is 239 Å². The van der Waals surface area contributed by atoms with Crippen LogP contribution >= 0.6 is 0 Å². The molecule has 5 heterocycles. The van der Waals surface area contributed by atoms with Crippen molar-refractivity contribution in [1.82, 2.24) is 106 Å². The van der Waals surface area contributed by atoms with E-state index in [2.05, 4.69) is 94.4 Å². The molecule has 1 aliphatic heterocycles. The van der Waals surface area contributed by atoms with Gasteiger partial charge in [0, 0.05) is 134 Å². The number of aliphatic hydroxyl groups excluding tert-OH is 1. The first-order chi connectivity index (χ1) is 69.4. The number of anilines is 2. The summed E-state index contributed by atoms with van der Waals surface area (Å²) in [5, 5.41) is 70.4. The first-order valence-electron chi connectivity index (χ1n) is 47.0. The van der Waals surface area contributed by atoms with Crippen LogP contribution in [-0.4, -0.2) is 349 Å². The molecule has 5 atom stereocenters. The average Bonchev–Trinajstić information content (AvgIpc) is 0.888. The molecular weight excluding hydrogens is 2050 g/mol. The molecule has 3 unspecified atom stereocenters. The number of carbonyl (C=O) groups excluding carboxylic acids is 10. The van der Waals surface area contributed by atoms with Crippen LogP contribution in [0.2, 0.25) is 0 Å². The van der Waals surface area contributed by atoms with Crippen molar-refractivity contribution in [2.75, 3.05) is 142 Å². The van der Waals surface area contributed by atoms with E-state index in [9.17, 15) is 109 Å². The van der Waals surface area contributed by atoms with Crippen LogP contribution < -0.4 is 88.3 Å². The number of nitrogens with one attached hydrogen (secondary N) is 15. The molecule has 0 saturated carbocycles. The average molecular weight is 2170 g/mol. The van der Waals surface area contributed by atoms with Gasteiger partial charge < -0.3 is 97.1 Å². The van der Waals surface area contributed by atoms with E-state index in [0.29, 0.717) is 49.1 Å². The number of hydrogen-bond donors (Lipinski definition) is 19. The number of sulfonamides is 2. The van der Waals surface area contributed by atoms with Crippen LogP contribution in [0.25, 0.3) is 21.8 Å². The van der Waals surface area contributed by atoms with E-state index in [1.165, 1.54) is 64.4 Å². The number of fused-ring (bicyclic) bond motifs is 2. The van der Waals surface area contributed by atoms with Gasteiger partial charge in [-0.15, -0.1) is 0 Å². The number of H-pyrrole nitrogens is 2. The SMILES string of the molecule is C=C(O)CN1CCN(CC(=O)O)CCN(CC(=O)NC(CCC(=O)NC(CC)C(=O)NCCNC(=O)CCCOc2cc(C)c(S(=O)(=O)N[C@@H](CNC(=O)c3cn(C)c4cc(CNc5ncc[nH]5)ccc4c3=O)C(=O)O)c(C)c2)C(=O)NC(CC)C(=O)NCCNC(=O)CCCOc2cc(C)c(S(=O)(=O)N[C@@H](CNC(=O)c3cn(C)c4cc(CNc5ncc[nH]5)ccc4c3=O)C(=O)O)c(C)c2)CCN(CC(=O)[O][In])CC1. The zero-order valence-corrected chi connectivity index (χ0v) is 87.2. The molecule has 788 valence electrons. The van der Waals surface area contributed by atoms with Gasteiger partial charge in [0.1, 0.15) is 46.8 Å². The number of ether oxygens (including phenoxy) is 2. The van der Waals surface area contributed by atoms with E-state index >= 15 is 0 Å². The molecule has 4 aromatic carbocycles. The third-order valence-corrected chi connectivity index (χ3v) is 27.8. The minimum absolute atomic E-state index is 0.00661. The van der Waals surface area contributed by atoms with Gasteiger partial charge in [0.2, 0.25) is 60.4 Å². The van der Waals surface area contributed by atoms with Crippen molar-refractivity contribution in [3.05, 3.63) is 175 Å². The van der Waals surface area contributed by atoms with Crippen LogP contribution in [0.4, 0.5) is 11.9 Å². The van der Waals surface area contributed by atoms with Gasteiger partial charge in [-0.1, -0.05) is 26.0 Å². The Balaban J connectivity index is 0.732. The first kappa shape index (κ1) is 116. The Bertz CT molecular complexity index is 6340. The molecule has 0 spiro atoms. The van der Waals surface area contributed by atoms with Crippen molar-refractivity contribution in [2.24, 2.45) is 14.1 Å². The standard InChI is InChI=1S/C94H127N23O26S2.In/c1-10-69(88(131)97-24-22-95-76(119)14-12-38-142-63-40-56(3)84(57(4)41-63)144(138,139)110-72(91(134)135)48-103-86(129)67-51-112(8)74-44-61(16-18-65(74)82(67)127)46-105-93-99-26-27-100-93)107-78(121)21-20-71(108-79(122)53-115-32-36-116(54-80(123)124)34-30-114(50-60(7)118)31-35-117(37-33-115)55-81(125)126)90(133)109-70(11-2)89(132)98-25-23-96-77(120)15-13-39-143-64-42-58(5)85(59(6)43-64)145(140,141)111-73(92(136)137)49-104-87(130)68-52-113(9)75-45-62(17-19-66(75)83(68)128)47-106-94-101-28-29-102-94;/h16-19,26-29,40-45,51-52,69-73,110-111,118H,7,10-15,20-25,30-39,46-50,53-55H2,1-6,8-9H3,(H,95,119)(H,96,120)(H,97,131)(H,98,132)(H,103,129)(H,104,130)(H,107,121)(H,108,122)(H,109,133)(H,123,124)(H,125,126)(H,134,135)(H,136,137)(H2,99,100,105)(H2,101,102,106);/q;+1/p-1/t69?,70?,71?,72-,73-;/m0./s1.